The Bertz CT molecular complexity index is 841. The van der Waals surface area contributed by atoms with Gasteiger partial charge in [-0.3, -0.25) is 14.8 Å². The van der Waals surface area contributed by atoms with Gasteiger partial charge in [-0.2, -0.15) is 0 Å². The molecule has 1 aliphatic rings. The largest absolute Gasteiger partial charge is 0.317 e. The Morgan fingerprint density at radius 3 is 2.56 bits per heavy atom. The Balaban J connectivity index is 1.63. The number of carbonyl (C=O) groups is 1. The lowest BCUT2D eigenvalue weighted by Crippen LogP contribution is -2.26. The molecule has 1 saturated heterocycles. The second-order valence-corrected chi connectivity index (χ2v) is 8.81. The van der Waals surface area contributed by atoms with Crippen LogP contribution in [0.25, 0.3) is 0 Å². The van der Waals surface area contributed by atoms with Crippen LogP contribution in [0.2, 0.25) is 0 Å². The predicted molar refractivity (Wildman–Crippen MR) is 99.8 cm³/mol. The molecule has 0 spiro atoms. The predicted octanol–water partition coefficient (Wildman–Crippen LogP) is 2.23. The van der Waals surface area contributed by atoms with Crippen LogP contribution in [-0.4, -0.2) is 38.7 Å². The lowest BCUT2D eigenvalue weighted by molar-refractivity contribution is 0.102. The Hall–Kier alpha value is -1.97. The zero-order chi connectivity index (χ0) is 17.9. The molecular weight excluding hydrogens is 360 g/mol. The van der Waals surface area contributed by atoms with E-state index in [0.717, 1.165) is 32.2 Å². The van der Waals surface area contributed by atoms with Crippen molar-refractivity contribution in [2.45, 2.75) is 18.8 Å². The second kappa shape index (κ2) is 7.51. The molecule has 134 valence electrons. The van der Waals surface area contributed by atoms with Crippen molar-refractivity contribution in [2.24, 2.45) is 0 Å². The van der Waals surface area contributed by atoms with E-state index in [2.05, 4.69) is 20.3 Å². The second-order valence-electron chi connectivity index (χ2n) is 6.00. The van der Waals surface area contributed by atoms with Crippen molar-refractivity contribution < 1.29 is 13.2 Å². The molecule has 0 bridgehead atoms. The van der Waals surface area contributed by atoms with Crippen molar-refractivity contribution in [3.63, 3.8) is 0 Å². The molecule has 1 amide bonds. The molecule has 2 heterocycles. The fraction of sp³-hybridized carbons (Fsp3) is 0.375. The number of piperidine rings is 1. The van der Waals surface area contributed by atoms with E-state index in [1.807, 2.05) is 6.20 Å². The van der Waals surface area contributed by atoms with Crippen molar-refractivity contribution in [3.8, 4) is 0 Å². The third kappa shape index (κ3) is 5.00. The Kier molecular flexibility index (Phi) is 5.36. The highest BCUT2D eigenvalue weighted by Gasteiger charge is 2.18. The van der Waals surface area contributed by atoms with Gasteiger partial charge < -0.3 is 5.32 Å². The van der Waals surface area contributed by atoms with Gasteiger partial charge in [0.2, 0.25) is 10.0 Å². The average molecular weight is 380 g/mol. The summed E-state index contributed by atoms with van der Waals surface area (Å²) >= 11 is 1.51. The number of nitrogens with one attached hydrogen (secondary N) is 3. The summed E-state index contributed by atoms with van der Waals surface area (Å²) in [5, 5.41) is 6.72. The van der Waals surface area contributed by atoms with Crippen LogP contribution >= 0.6 is 11.3 Å². The number of sulfonamides is 1. The first kappa shape index (κ1) is 17.8. The maximum absolute atomic E-state index is 12.3. The van der Waals surface area contributed by atoms with Crippen molar-refractivity contribution >= 4 is 38.1 Å². The number of hydrogen-bond acceptors (Lipinski definition) is 6. The van der Waals surface area contributed by atoms with Gasteiger partial charge in [0.25, 0.3) is 5.91 Å². The number of aromatic nitrogens is 1. The van der Waals surface area contributed by atoms with Crippen molar-refractivity contribution in [1.82, 2.24) is 10.3 Å². The van der Waals surface area contributed by atoms with E-state index < -0.39 is 10.0 Å². The standard InChI is InChI=1S/C16H20N4O3S2/c1-25(22,23)20-13-4-2-12(3-5-13)15(21)19-16-18-10-14(24-16)11-6-8-17-9-7-11/h2-5,10-11,17,20H,6-9H2,1H3,(H,18,19,21). The van der Waals surface area contributed by atoms with E-state index in [1.165, 1.54) is 16.2 Å². The number of hydrogen-bond donors (Lipinski definition) is 3. The number of benzene rings is 1. The van der Waals surface area contributed by atoms with Gasteiger partial charge in [0.15, 0.2) is 5.13 Å². The minimum absolute atomic E-state index is 0.267. The molecule has 2 aromatic rings. The molecule has 1 aromatic carbocycles. The fourth-order valence-corrected chi connectivity index (χ4v) is 4.26. The lowest BCUT2D eigenvalue weighted by atomic mass is 9.97. The molecule has 0 saturated carbocycles. The van der Waals surface area contributed by atoms with Crippen LogP contribution in [0, 0.1) is 0 Å². The van der Waals surface area contributed by atoms with Gasteiger partial charge in [0, 0.05) is 22.3 Å². The first-order valence-corrected chi connectivity index (χ1v) is 10.7. The van der Waals surface area contributed by atoms with E-state index in [-0.39, 0.29) is 5.91 Å². The molecule has 1 aliphatic heterocycles. The minimum Gasteiger partial charge on any atom is -0.317 e. The molecule has 0 radical (unpaired) electrons. The van der Waals surface area contributed by atoms with E-state index in [4.69, 9.17) is 0 Å². The number of anilines is 2. The zero-order valence-electron chi connectivity index (χ0n) is 13.8. The first-order valence-electron chi connectivity index (χ1n) is 7.96. The quantitative estimate of drug-likeness (QED) is 0.739. The van der Waals surface area contributed by atoms with Gasteiger partial charge >= 0.3 is 0 Å². The summed E-state index contributed by atoms with van der Waals surface area (Å²) in [5.74, 6) is 0.239. The van der Waals surface area contributed by atoms with Crippen molar-refractivity contribution in [3.05, 3.63) is 40.9 Å². The van der Waals surface area contributed by atoms with Crippen molar-refractivity contribution in [2.75, 3.05) is 29.4 Å². The maximum atomic E-state index is 12.3. The molecule has 25 heavy (non-hydrogen) atoms. The van der Waals surface area contributed by atoms with Gasteiger partial charge in [0.1, 0.15) is 0 Å². The van der Waals surface area contributed by atoms with Crippen molar-refractivity contribution in [1.29, 1.82) is 0 Å². The number of rotatable bonds is 5. The zero-order valence-corrected chi connectivity index (χ0v) is 15.4. The van der Waals surface area contributed by atoms with Crippen LogP contribution in [0.5, 0.6) is 0 Å². The highest BCUT2D eigenvalue weighted by atomic mass is 32.2. The SMILES string of the molecule is CS(=O)(=O)Nc1ccc(C(=O)Nc2ncc(C3CCNCC3)s2)cc1. The van der Waals surface area contributed by atoms with Gasteiger partial charge in [-0.1, -0.05) is 0 Å². The molecular formula is C16H20N4O3S2. The van der Waals surface area contributed by atoms with E-state index in [1.54, 1.807) is 24.3 Å². The molecule has 0 aliphatic carbocycles. The minimum atomic E-state index is -3.33. The molecule has 0 atom stereocenters. The maximum Gasteiger partial charge on any atom is 0.257 e. The molecule has 9 heteroatoms. The van der Waals surface area contributed by atoms with E-state index in [9.17, 15) is 13.2 Å². The molecule has 1 fully saturated rings. The molecule has 7 nitrogen and oxygen atoms in total. The van der Waals surface area contributed by atoms with Gasteiger partial charge in [-0.25, -0.2) is 13.4 Å². The first-order chi connectivity index (χ1) is 11.9. The topological polar surface area (TPSA) is 100 Å². The molecule has 1 aromatic heterocycles. The highest BCUT2D eigenvalue weighted by molar-refractivity contribution is 7.92. The summed E-state index contributed by atoms with van der Waals surface area (Å²) in [4.78, 5) is 17.8. The number of amides is 1. The summed E-state index contributed by atoms with van der Waals surface area (Å²) in [6, 6.07) is 6.25. The Morgan fingerprint density at radius 1 is 1.24 bits per heavy atom. The van der Waals surface area contributed by atoms with E-state index in [0.29, 0.717) is 22.3 Å². The van der Waals surface area contributed by atoms with Gasteiger partial charge in [-0.15, -0.1) is 11.3 Å². The average Bonchev–Trinajstić information content (AvgIpc) is 3.03. The summed E-state index contributed by atoms with van der Waals surface area (Å²) in [6.45, 7) is 2.02. The Labute approximate surface area is 150 Å². The van der Waals surface area contributed by atoms with Crippen LogP contribution in [-0.2, 0) is 10.0 Å². The fourth-order valence-electron chi connectivity index (χ4n) is 2.71. The number of thiazole rings is 1. The smallest absolute Gasteiger partial charge is 0.257 e. The number of carbonyl (C=O) groups excluding carboxylic acids is 1. The third-order valence-corrected chi connectivity index (χ3v) is 5.62. The van der Waals surface area contributed by atoms with E-state index >= 15 is 0 Å². The summed E-state index contributed by atoms with van der Waals surface area (Å²) in [6.07, 6.45) is 5.10. The van der Waals surface area contributed by atoms with Crippen LogP contribution < -0.4 is 15.4 Å². The highest BCUT2D eigenvalue weighted by Crippen LogP contribution is 2.31. The van der Waals surface area contributed by atoms with Crippen LogP contribution in [0.15, 0.2) is 30.5 Å². The van der Waals surface area contributed by atoms with Crippen LogP contribution in [0.4, 0.5) is 10.8 Å². The summed E-state index contributed by atoms with van der Waals surface area (Å²) in [7, 11) is -3.33. The third-order valence-electron chi connectivity index (χ3n) is 3.94. The number of nitrogens with zero attached hydrogens (tertiary/aromatic N) is 1. The molecule has 3 N–H and O–H groups in total. The van der Waals surface area contributed by atoms with Gasteiger partial charge in [0.05, 0.1) is 6.26 Å². The Morgan fingerprint density at radius 2 is 1.92 bits per heavy atom. The lowest BCUT2D eigenvalue weighted by Gasteiger charge is -2.20. The van der Waals surface area contributed by atoms with Crippen LogP contribution in [0.3, 0.4) is 0 Å². The summed E-state index contributed by atoms with van der Waals surface area (Å²) in [5.41, 5.74) is 0.860. The molecule has 3 rings (SSSR count). The van der Waals surface area contributed by atoms with Gasteiger partial charge in [-0.05, 0) is 56.1 Å². The monoisotopic (exact) mass is 380 g/mol. The summed E-state index contributed by atoms with van der Waals surface area (Å²) < 4.78 is 24.7. The molecule has 0 unspecified atom stereocenters. The van der Waals surface area contributed by atoms with Crippen LogP contribution in [0.1, 0.15) is 34.0 Å². The normalized spacial score (nSPS) is 15.7.